The SMILES string of the molecule is O=c1oc2c(cc1-c1nc3ccccc3s1)c(=O)oc1cc(O)ccc12. The first-order valence-electron chi connectivity index (χ1n) is 7.70. The van der Waals surface area contributed by atoms with Crippen molar-refractivity contribution in [3.63, 3.8) is 0 Å². The van der Waals surface area contributed by atoms with Gasteiger partial charge in [-0.2, -0.15) is 0 Å². The molecule has 0 atom stereocenters. The quantitative estimate of drug-likeness (QED) is 0.359. The van der Waals surface area contributed by atoms with E-state index in [1.54, 1.807) is 0 Å². The number of aromatic nitrogens is 1. The number of benzene rings is 2. The maximum absolute atomic E-state index is 12.6. The maximum Gasteiger partial charge on any atom is 0.347 e. The first kappa shape index (κ1) is 14.9. The van der Waals surface area contributed by atoms with Crippen LogP contribution in [0.1, 0.15) is 0 Å². The molecule has 6 nitrogen and oxygen atoms in total. The predicted molar refractivity (Wildman–Crippen MR) is 98.8 cm³/mol. The fourth-order valence-electron chi connectivity index (χ4n) is 2.90. The molecule has 0 bridgehead atoms. The standard InChI is InChI=1S/C19H9NO5S/c21-9-5-6-10-14(7-9)24-18(22)11-8-12(19(23)25-16(10)11)17-20-13-3-1-2-4-15(13)26-17/h1-8,21H. The molecule has 5 aromatic rings. The third-order valence-electron chi connectivity index (χ3n) is 4.10. The molecular weight excluding hydrogens is 354 g/mol. The molecule has 3 aromatic heterocycles. The lowest BCUT2D eigenvalue weighted by atomic mass is 10.1. The van der Waals surface area contributed by atoms with Crippen molar-refractivity contribution in [1.82, 2.24) is 4.98 Å². The molecule has 126 valence electrons. The van der Waals surface area contributed by atoms with E-state index in [4.69, 9.17) is 8.83 Å². The molecule has 0 radical (unpaired) electrons. The third-order valence-corrected chi connectivity index (χ3v) is 5.17. The number of phenols is 1. The molecule has 1 N–H and O–H groups in total. The minimum Gasteiger partial charge on any atom is -0.508 e. The molecule has 26 heavy (non-hydrogen) atoms. The van der Waals surface area contributed by atoms with E-state index in [9.17, 15) is 14.7 Å². The Bertz CT molecular complexity index is 1410. The highest BCUT2D eigenvalue weighted by Crippen LogP contribution is 2.31. The van der Waals surface area contributed by atoms with Crippen LogP contribution in [-0.2, 0) is 0 Å². The molecule has 2 aromatic carbocycles. The highest BCUT2D eigenvalue weighted by Gasteiger charge is 2.17. The summed E-state index contributed by atoms with van der Waals surface area (Å²) in [6.07, 6.45) is 0. The fourth-order valence-corrected chi connectivity index (χ4v) is 3.87. The van der Waals surface area contributed by atoms with Crippen LogP contribution in [0, 0.1) is 0 Å². The highest BCUT2D eigenvalue weighted by molar-refractivity contribution is 7.21. The largest absolute Gasteiger partial charge is 0.508 e. The van der Waals surface area contributed by atoms with Crippen molar-refractivity contribution in [2.45, 2.75) is 0 Å². The van der Waals surface area contributed by atoms with Gasteiger partial charge >= 0.3 is 11.3 Å². The van der Waals surface area contributed by atoms with Crippen molar-refractivity contribution < 1.29 is 13.9 Å². The van der Waals surface area contributed by atoms with Crippen molar-refractivity contribution in [3.05, 3.63) is 69.4 Å². The monoisotopic (exact) mass is 363 g/mol. The van der Waals surface area contributed by atoms with Gasteiger partial charge < -0.3 is 13.9 Å². The van der Waals surface area contributed by atoms with Crippen LogP contribution >= 0.6 is 11.3 Å². The average molecular weight is 363 g/mol. The van der Waals surface area contributed by atoms with Crippen molar-refractivity contribution in [3.8, 4) is 16.3 Å². The van der Waals surface area contributed by atoms with Crippen LogP contribution in [0.25, 0.3) is 42.7 Å². The second kappa shape index (κ2) is 5.27. The molecule has 0 amide bonds. The van der Waals surface area contributed by atoms with Crippen LogP contribution in [0.4, 0.5) is 0 Å². The zero-order valence-electron chi connectivity index (χ0n) is 13.1. The van der Waals surface area contributed by atoms with Gasteiger partial charge in [-0.05, 0) is 30.3 Å². The number of hydrogen-bond donors (Lipinski definition) is 1. The molecular formula is C19H9NO5S. The van der Waals surface area contributed by atoms with Crippen LogP contribution in [0.3, 0.4) is 0 Å². The molecule has 7 heteroatoms. The van der Waals surface area contributed by atoms with E-state index in [1.165, 1.54) is 35.6 Å². The predicted octanol–water partition coefficient (Wildman–Crippen LogP) is 3.88. The van der Waals surface area contributed by atoms with Gasteiger partial charge in [-0.1, -0.05) is 12.1 Å². The van der Waals surface area contributed by atoms with Crippen LogP contribution in [0.5, 0.6) is 5.75 Å². The molecule has 0 unspecified atom stereocenters. The van der Waals surface area contributed by atoms with E-state index in [2.05, 4.69) is 4.98 Å². The molecule has 0 aliphatic rings. The molecule has 5 rings (SSSR count). The molecule has 3 heterocycles. The van der Waals surface area contributed by atoms with Crippen molar-refractivity contribution >= 4 is 43.5 Å². The summed E-state index contributed by atoms with van der Waals surface area (Å²) in [5.74, 6) is -0.0477. The van der Waals surface area contributed by atoms with Crippen molar-refractivity contribution in [2.24, 2.45) is 0 Å². The summed E-state index contributed by atoms with van der Waals surface area (Å²) in [4.78, 5) is 29.3. The Hall–Kier alpha value is -3.45. The molecule has 0 fully saturated rings. The summed E-state index contributed by atoms with van der Waals surface area (Å²) in [7, 11) is 0. The average Bonchev–Trinajstić information content (AvgIpc) is 3.05. The Morgan fingerprint density at radius 2 is 1.77 bits per heavy atom. The lowest BCUT2D eigenvalue weighted by Gasteiger charge is -2.03. The van der Waals surface area contributed by atoms with Gasteiger partial charge in [0.2, 0.25) is 0 Å². The van der Waals surface area contributed by atoms with E-state index < -0.39 is 11.3 Å². The molecule has 0 saturated carbocycles. The molecule has 0 saturated heterocycles. The van der Waals surface area contributed by atoms with Gasteiger partial charge in [0, 0.05) is 6.07 Å². The second-order valence-electron chi connectivity index (χ2n) is 5.75. The van der Waals surface area contributed by atoms with Crippen LogP contribution in [0.15, 0.2) is 67.0 Å². The van der Waals surface area contributed by atoms with Gasteiger partial charge in [0.1, 0.15) is 21.7 Å². The van der Waals surface area contributed by atoms with Crippen LogP contribution in [0.2, 0.25) is 0 Å². The third kappa shape index (κ3) is 2.14. The Morgan fingerprint density at radius 3 is 2.62 bits per heavy atom. The van der Waals surface area contributed by atoms with E-state index in [0.717, 1.165) is 10.2 Å². The number of rotatable bonds is 1. The Labute approximate surface area is 148 Å². The van der Waals surface area contributed by atoms with Gasteiger partial charge in [0.25, 0.3) is 0 Å². The number of thiazole rings is 1. The summed E-state index contributed by atoms with van der Waals surface area (Å²) in [5, 5.41) is 10.6. The molecule has 0 aliphatic carbocycles. The summed E-state index contributed by atoms with van der Waals surface area (Å²) in [6.45, 7) is 0. The number of para-hydroxylation sites is 1. The number of hydrogen-bond acceptors (Lipinski definition) is 7. The van der Waals surface area contributed by atoms with Crippen molar-refractivity contribution in [2.75, 3.05) is 0 Å². The number of fused-ring (bicyclic) bond motifs is 4. The zero-order valence-corrected chi connectivity index (χ0v) is 13.9. The molecule has 0 aliphatic heterocycles. The smallest absolute Gasteiger partial charge is 0.347 e. The first-order chi connectivity index (χ1) is 12.6. The van der Waals surface area contributed by atoms with E-state index >= 15 is 0 Å². The summed E-state index contributed by atoms with van der Waals surface area (Å²) in [5.41, 5.74) is 0.0300. The second-order valence-corrected chi connectivity index (χ2v) is 6.78. The van der Waals surface area contributed by atoms with Gasteiger partial charge in [-0.15, -0.1) is 11.3 Å². The minimum absolute atomic E-state index is 0.0477. The highest BCUT2D eigenvalue weighted by atomic mass is 32.1. The lowest BCUT2D eigenvalue weighted by Crippen LogP contribution is -2.07. The lowest BCUT2D eigenvalue weighted by molar-refractivity contribution is 0.473. The van der Waals surface area contributed by atoms with Crippen molar-refractivity contribution in [1.29, 1.82) is 0 Å². The Kier molecular flexibility index (Phi) is 3.01. The van der Waals surface area contributed by atoms with E-state index in [0.29, 0.717) is 10.4 Å². The fraction of sp³-hybridized carbons (Fsp3) is 0. The zero-order chi connectivity index (χ0) is 17.8. The topological polar surface area (TPSA) is 93.5 Å². The number of phenolic OH excluding ortho intramolecular Hbond substituents is 1. The van der Waals surface area contributed by atoms with E-state index in [1.807, 2.05) is 24.3 Å². The van der Waals surface area contributed by atoms with E-state index in [-0.39, 0.29) is 27.9 Å². The summed E-state index contributed by atoms with van der Waals surface area (Å²) in [6, 6.07) is 13.3. The minimum atomic E-state index is -0.649. The van der Waals surface area contributed by atoms with Gasteiger partial charge in [0.05, 0.1) is 21.2 Å². The summed E-state index contributed by atoms with van der Waals surface area (Å²) >= 11 is 1.35. The number of nitrogens with zero attached hydrogens (tertiary/aromatic N) is 1. The van der Waals surface area contributed by atoms with Gasteiger partial charge in [-0.25, -0.2) is 14.6 Å². The maximum atomic E-state index is 12.6. The summed E-state index contributed by atoms with van der Waals surface area (Å²) < 4.78 is 11.6. The first-order valence-corrected chi connectivity index (χ1v) is 8.51. The normalized spacial score (nSPS) is 11.5. The molecule has 0 spiro atoms. The Balaban J connectivity index is 1.85. The Morgan fingerprint density at radius 1 is 0.923 bits per heavy atom. The van der Waals surface area contributed by atoms with Crippen LogP contribution in [-0.4, -0.2) is 10.1 Å². The number of aromatic hydroxyl groups is 1. The van der Waals surface area contributed by atoms with Gasteiger partial charge in [-0.3, -0.25) is 0 Å². The van der Waals surface area contributed by atoms with Crippen LogP contribution < -0.4 is 11.3 Å². The van der Waals surface area contributed by atoms with Gasteiger partial charge in [0.15, 0.2) is 5.58 Å².